The number of tetrazole rings is 1. The van der Waals surface area contributed by atoms with Gasteiger partial charge in [-0.2, -0.15) is 4.68 Å². The van der Waals surface area contributed by atoms with Gasteiger partial charge in [-0.25, -0.2) is 0 Å². The van der Waals surface area contributed by atoms with Gasteiger partial charge in [0.2, 0.25) is 5.95 Å². The van der Waals surface area contributed by atoms with E-state index < -0.39 is 0 Å². The SMILES string of the molecule is c1ccc(-n2nnnc2N2CCC[C@H](c3nnc4n3CCCCC4)C2)cc1. The van der Waals surface area contributed by atoms with Crippen LogP contribution in [0.4, 0.5) is 5.95 Å². The van der Waals surface area contributed by atoms with Crippen LogP contribution in [0.3, 0.4) is 0 Å². The minimum atomic E-state index is 0.374. The number of para-hydroxylation sites is 1. The van der Waals surface area contributed by atoms with Crippen molar-refractivity contribution in [1.82, 2.24) is 35.0 Å². The molecular formula is C19H24N8. The van der Waals surface area contributed by atoms with Crippen molar-refractivity contribution in [1.29, 1.82) is 0 Å². The summed E-state index contributed by atoms with van der Waals surface area (Å²) in [5.41, 5.74) is 0.982. The van der Waals surface area contributed by atoms with Crippen LogP contribution >= 0.6 is 0 Å². The molecular weight excluding hydrogens is 340 g/mol. The molecule has 1 atom stereocenters. The van der Waals surface area contributed by atoms with Crippen LogP contribution in [0.25, 0.3) is 5.69 Å². The normalized spacial score (nSPS) is 20.3. The van der Waals surface area contributed by atoms with E-state index in [9.17, 15) is 0 Å². The van der Waals surface area contributed by atoms with Gasteiger partial charge in [0.15, 0.2) is 0 Å². The summed E-state index contributed by atoms with van der Waals surface area (Å²) in [6.07, 6.45) is 7.03. The number of fused-ring (bicyclic) bond motifs is 1. The molecule has 1 aromatic carbocycles. The summed E-state index contributed by atoms with van der Waals surface area (Å²) in [5, 5.41) is 21.5. The maximum Gasteiger partial charge on any atom is 0.250 e. The fourth-order valence-corrected chi connectivity index (χ4v) is 4.29. The molecule has 0 amide bonds. The number of aryl methyl sites for hydroxylation is 1. The molecule has 2 aliphatic heterocycles. The first kappa shape index (κ1) is 16.4. The molecule has 140 valence electrons. The molecule has 27 heavy (non-hydrogen) atoms. The van der Waals surface area contributed by atoms with E-state index in [-0.39, 0.29) is 0 Å². The Kier molecular flexibility index (Phi) is 4.31. The van der Waals surface area contributed by atoms with E-state index in [1.807, 2.05) is 35.0 Å². The molecule has 8 nitrogen and oxygen atoms in total. The van der Waals surface area contributed by atoms with Gasteiger partial charge >= 0.3 is 0 Å². The Hall–Kier alpha value is -2.77. The average Bonchev–Trinajstić information content (AvgIpc) is 3.31. The number of piperidine rings is 1. The minimum Gasteiger partial charge on any atom is -0.339 e. The minimum absolute atomic E-state index is 0.374. The number of anilines is 1. The van der Waals surface area contributed by atoms with Crippen molar-refractivity contribution in [2.45, 2.75) is 51.0 Å². The Morgan fingerprint density at radius 2 is 1.81 bits per heavy atom. The predicted molar refractivity (Wildman–Crippen MR) is 101 cm³/mol. The van der Waals surface area contributed by atoms with Gasteiger partial charge < -0.3 is 9.47 Å². The molecule has 3 aromatic rings. The summed E-state index contributed by atoms with van der Waals surface area (Å²) in [4.78, 5) is 2.29. The van der Waals surface area contributed by atoms with E-state index in [2.05, 4.69) is 35.2 Å². The smallest absolute Gasteiger partial charge is 0.250 e. The van der Waals surface area contributed by atoms with Gasteiger partial charge in [0.25, 0.3) is 0 Å². The average molecular weight is 364 g/mol. The highest BCUT2D eigenvalue weighted by Crippen LogP contribution is 2.30. The first-order valence-electron chi connectivity index (χ1n) is 9.91. The van der Waals surface area contributed by atoms with Crippen molar-refractivity contribution >= 4 is 5.95 Å². The number of hydrogen-bond donors (Lipinski definition) is 0. The van der Waals surface area contributed by atoms with Crippen molar-refractivity contribution in [2.75, 3.05) is 18.0 Å². The monoisotopic (exact) mass is 364 g/mol. The highest BCUT2D eigenvalue weighted by Gasteiger charge is 2.29. The van der Waals surface area contributed by atoms with Crippen LogP contribution < -0.4 is 4.90 Å². The molecule has 5 rings (SSSR count). The lowest BCUT2D eigenvalue weighted by Gasteiger charge is -2.32. The summed E-state index contributed by atoms with van der Waals surface area (Å²) in [5.74, 6) is 3.49. The van der Waals surface area contributed by atoms with Crippen LogP contribution in [-0.4, -0.2) is 48.1 Å². The Balaban J connectivity index is 1.42. The van der Waals surface area contributed by atoms with E-state index in [0.29, 0.717) is 5.92 Å². The van der Waals surface area contributed by atoms with Crippen molar-refractivity contribution in [2.24, 2.45) is 0 Å². The van der Waals surface area contributed by atoms with Crippen molar-refractivity contribution in [3.63, 3.8) is 0 Å². The van der Waals surface area contributed by atoms with Gasteiger partial charge in [0.05, 0.1) is 5.69 Å². The molecule has 2 aliphatic rings. The number of benzene rings is 1. The Labute approximate surface area is 158 Å². The molecule has 1 fully saturated rings. The summed E-state index contributed by atoms with van der Waals surface area (Å²) < 4.78 is 4.20. The lowest BCUT2D eigenvalue weighted by Crippen LogP contribution is -2.37. The fraction of sp³-hybridized carbons (Fsp3) is 0.526. The van der Waals surface area contributed by atoms with Crippen LogP contribution in [0.1, 0.15) is 49.7 Å². The van der Waals surface area contributed by atoms with Crippen LogP contribution in [0, 0.1) is 0 Å². The van der Waals surface area contributed by atoms with Gasteiger partial charge in [-0.15, -0.1) is 10.2 Å². The largest absolute Gasteiger partial charge is 0.339 e. The molecule has 0 unspecified atom stereocenters. The van der Waals surface area contributed by atoms with Crippen molar-refractivity contribution in [3.8, 4) is 5.69 Å². The Morgan fingerprint density at radius 1 is 0.889 bits per heavy atom. The zero-order chi connectivity index (χ0) is 18.1. The highest BCUT2D eigenvalue weighted by molar-refractivity contribution is 5.41. The van der Waals surface area contributed by atoms with E-state index in [0.717, 1.165) is 62.2 Å². The maximum atomic E-state index is 4.59. The number of aromatic nitrogens is 7. The number of rotatable bonds is 3. The lowest BCUT2D eigenvalue weighted by molar-refractivity contribution is 0.459. The quantitative estimate of drug-likeness (QED) is 0.710. The number of hydrogen-bond acceptors (Lipinski definition) is 6. The molecule has 2 aromatic heterocycles. The summed E-state index contributed by atoms with van der Waals surface area (Å²) >= 11 is 0. The molecule has 0 radical (unpaired) electrons. The first-order chi connectivity index (χ1) is 13.4. The van der Waals surface area contributed by atoms with Gasteiger partial charge in [-0.1, -0.05) is 29.7 Å². The van der Waals surface area contributed by atoms with Gasteiger partial charge in [0.1, 0.15) is 11.6 Å². The molecule has 4 heterocycles. The Morgan fingerprint density at radius 3 is 2.74 bits per heavy atom. The van der Waals surface area contributed by atoms with Gasteiger partial charge in [0, 0.05) is 32.0 Å². The molecule has 1 saturated heterocycles. The Bertz CT molecular complexity index is 900. The zero-order valence-corrected chi connectivity index (χ0v) is 15.4. The van der Waals surface area contributed by atoms with Crippen LogP contribution in [0.15, 0.2) is 30.3 Å². The van der Waals surface area contributed by atoms with Crippen LogP contribution in [0.2, 0.25) is 0 Å². The number of nitrogens with zero attached hydrogens (tertiary/aromatic N) is 8. The third-order valence-corrected chi connectivity index (χ3v) is 5.66. The summed E-state index contributed by atoms with van der Waals surface area (Å²) in [7, 11) is 0. The third-order valence-electron chi connectivity index (χ3n) is 5.66. The van der Waals surface area contributed by atoms with Crippen LogP contribution in [-0.2, 0) is 13.0 Å². The van der Waals surface area contributed by atoms with Gasteiger partial charge in [-0.05, 0) is 48.2 Å². The second-order valence-corrected chi connectivity index (χ2v) is 7.45. The summed E-state index contributed by atoms with van der Waals surface area (Å²) in [6, 6.07) is 10.1. The van der Waals surface area contributed by atoms with Crippen molar-refractivity contribution < 1.29 is 0 Å². The predicted octanol–water partition coefficient (Wildman–Crippen LogP) is 2.36. The molecule has 0 bridgehead atoms. The highest BCUT2D eigenvalue weighted by atomic mass is 15.6. The fourth-order valence-electron chi connectivity index (χ4n) is 4.29. The molecule has 0 aliphatic carbocycles. The molecule has 0 spiro atoms. The van der Waals surface area contributed by atoms with E-state index in [4.69, 9.17) is 0 Å². The standard InChI is InChI=1S/C19H24N8/c1-3-9-16(10-4-1)27-19(22-23-24-27)25-12-7-8-15(14-25)18-21-20-17-11-5-2-6-13-26(17)18/h1,3-4,9-10,15H,2,5-8,11-14H2/t15-/m0/s1. The van der Waals surface area contributed by atoms with E-state index in [1.54, 1.807) is 0 Å². The van der Waals surface area contributed by atoms with E-state index in [1.165, 1.54) is 19.3 Å². The molecule has 8 heteroatoms. The zero-order valence-electron chi connectivity index (χ0n) is 15.4. The third kappa shape index (κ3) is 3.09. The van der Waals surface area contributed by atoms with Crippen LogP contribution in [0.5, 0.6) is 0 Å². The lowest BCUT2D eigenvalue weighted by atomic mass is 9.97. The second kappa shape index (κ2) is 7.09. The first-order valence-corrected chi connectivity index (χ1v) is 9.91. The topological polar surface area (TPSA) is 77.6 Å². The summed E-state index contributed by atoms with van der Waals surface area (Å²) in [6.45, 7) is 2.89. The molecule has 0 saturated carbocycles. The van der Waals surface area contributed by atoms with Crippen molar-refractivity contribution in [3.05, 3.63) is 42.0 Å². The second-order valence-electron chi connectivity index (χ2n) is 7.45. The molecule has 0 N–H and O–H groups in total. The maximum absolute atomic E-state index is 4.59. The van der Waals surface area contributed by atoms with E-state index >= 15 is 0 Å². The van der Waals surface area contributed by atoms with Gasteiger partial charge in [-0.3, -0.25) is 0 Å².